The standard InChI is InChI=1S/C30H33N5O3/c1-21-8-9-24-16-26(10-11-27(24)32-21)35-14-12-23(13-15-35)29(36)33-28(30(37)38-2)17-25-19-34(20-31-25)18-22-6-4-3-5-7-22/h3-11,16,19-20,23,28H,12-15,17-18H2,1-2H3,(H,33,36). The van der Waals surface area contributed by atoms with Crippen molar-refractivity contribution < 1.29 is 14.3 Å². The molecule has 196 valence electrons. The molecule has 1 aliphatic rings. The van der Waals surface area contributed by atoms with Gasteiger partial charge in [0, 0.05) is 54.9 Å². The van der Waals surface area contributed by atoms with Crippen LogP contribution in [0.3, 0.4) is 0 Å². The molecular formula is C30H33N5O3. The fourth-order valence-electron chi connectivity index (χ4n) is 5.04. The molecule has 5 rings (SSSR count). The van der Waals surface area contributed by atoms with Crippen LogP contribution in [0.1, 0.15) is 29.8 Å². The topological polar surface area (TPSA) is 89.3 Å². The molecule has 38 heavy (non-hydrogen) atoms. The number of carbonyl (C=O) groups excluding carboxylic acids is 2. The second kappa shape index (κ2) is 11.5. The molecule has 0 radical (unpaired) electrons. The normalized spacial score (nSPS) is 14.8. The minimum atomic E-state index is -0.776. The summed E-state index contributed by atoms with van der Waals surface area (Å²) in [4.78, 5) is 37.0. The smallest absolute Gasteiger partial charge is 0.328 e. The van der Waals surface area contributed by atoms with Gasteiger partial charge in [-0.3, -0.25) is 9.78 Å². The van der Waals surface area contributed by atoms with E-state index in [-0.39, 0.29) is 18.2 Å². The summed E-state index contributed by atoms with van der Waals surface area (Å²) in [7, 11) is 1.34. The van der Waals surface area contributed by atoms with Gasteiger partial charge in [-0.1, -0.05) is 36.4 Å². The van der Waals surface area contributed by atoms with Crippen LogP contribution in [0.5, 0.6) is 0 Å². The van der Waals surface area contributed by atoms with Gasteiger partial charge >= 0.3 is 5.97 Å². The van der Waals surface area contributed by atoms with Crippen molar-refractivity contribution in [2.75, 3.05) is 25.1 Å². The second-order valence-corrected chi connectivity index (χ2v) is 9.90. The highest BCUT2D eigenvalue weighted by Gasteiger charge is 2.30. The number of rotatable bonds is 8. The van der Waals surface area contributed by atoms with E-state index < -0.39 is 12.0 Å². The number of hydrogen-bond acceptors (Lipinski definition) is 6. The van der Waals surface area contributed by atoms with Crippen LogP contribution in [-0.4, -0.2) is 52.7 Å². The van der Waals surface area contributed by atoms with E-state index in [0.29, 0.717) is 6.54 Å². The van der Waals surface area contributed by atoms with Crippen LogP contribution in [-0.2, 0) is 27.3 Å². The number of pyridine rings is 1. The minimum Gasteiger partial charge on any atom is -0.467 e. The molecule has 1 unspecified atom stereocenters. The van der Waals surface area contributed by atoms with Crippen LogP contribution in [0.2, 0.25) is 0 Å². The Balaban J connectivity index is 1.18. The number of benzene rings is 2. The quantitative estimate of drug-likeness (QED) is 0.361. The molecule has 1 fully saturated rings. The molecule has 1 atom stereocenters. The van der Waals surface area contributed by atoms with Gasteiger partial charge in [-0.15, -0.1) is 0 Å². The molecule has 0 bridgehead atoms. The monoisotopic (exact) mass is 511 g/mol. The van der Waals surface area contributed by atoms with E-state index in [9.17, 15) is 9.59 Å². The summed E-state index contributed by atoms with van der Waals surface area (Å²) >= 11 is 0. The first-order valence-corrected chi connectivity index (χ1v) is 13.0. The van der Waals surface area contributed by atoms with Crippen molar-refractivity contribution in [3.05, 3.63) is 90.1 Å². The summed E-state index contributed by atoms with van der Waals surface area (Å²) < 4.78 is 6.96. The molecule has 1 saturated heterocycles. The number of esters is 1. The minimum absolute atomic E-state index is 0.109. The van der Waals surface area contributed by atoms with Gasteiger partial charge in [-0.25, -0.2) is 9.78 Å². The molecule has 4 aromatic rings. The number of fused-ring (bicyclic) bond motifs is 1. The van der Waals surface area contributed by atoms with Crippen molar-refractivity contribution >= 4 is 28.5 Å². The number of amides is 1. The summed E-state index contributed by atoms with van der Waals surface area (Å²) in [6.45, 7) is 4.23. The van der Waals surface area contributed by atoms with E-state index >= 15 is 0 Å². The first kappa shape index (κ1) is 25.4. The molecule has 8 nitrogen and oxygen atoms in total. The van der Waals surface area contributed by atoms with Crippen molar-refractivity contribution in [3.8, 4) is 0 Å². The van der Waals surface area contributed by atoms with Gasteiger partial charge in [0.25, 0.3) is 0 Å². The Hall–Kier alpha value is -4.20. The van der Waals surface area contributed by atoms with Crippen molar-refractivity contribution in [1.82, 2.24) is 19.9 Å². The van der Waals surface area contributed by atoms with Crippen molar-refractivity contribution in [3.63, 3.8) is 0 Å². The number of piperidine rings is 1. The molecule has 0 spiro atoms. The third-order valence-electron chi connectivity index (χ3n) is 7.15. The molecule has 8 heteroatoms. The van der Waals surface area contributed by atoms with E-state index in [0.717, 1.165) is 59.5 Å². The Bertz CT molecular complexity index is 1410. The van der Waals surface area contributed by atoms with E-state index in [1.165, 1.54) is 7.11 Å². The maximum atomic E-state index is 13.1. The highest BCUT2D eigenvalue weighted by molar-refractivity contribution is 5.86. The molecule has 1 N–H and O–H groups in total. The van der Waals surface area contributed by atoms with Gasteiger partial charge in [0.05, 0.1) is 24.6 Å². The van der Waals surface area contributed by atoms with Crippen molar-refractivity contribution in [2.45, 2.75) is 38.8 Å². The maximum absolute atomic E-state index is 13.1. The number of ether oxygens (including phenoxy) is 1. The van der Waals surface area contributed by atoms with Crippen LogP contribution in [0, 0.1) is 12.8 Å². The predicted octanol–water partition coefficient (Wildman–Crippen LogP) is 3.90. The maximum Gasteiger partial charge on any atom is 0.328 e. The Labute approximate surface area is 222 Å². The molecule has 1 aliphatic heterocycles. The highest BCUT2D eigenvalue weighted by Crippen LogP contribution is 2.26. The summed E-state index contributed by atoms with van der Waals surface area (Å²) in [6, 6.07) is 19.7. The van der Waals surface area contributed by atoms with Crippen molar-refractivity contribution in [1.29, 1.82) is 0 Å². The molecule has 0 saturated carbocycles. The number of anilines is 1. The molecular weight excluding hydrogens is 478 g/mol. The SMILES string of the molecule is COC(=O)C(Cc1cn(Cc2ccccc2)cn1)NC(=O)C1CCN(c2ccc3nc(C)ccc3c2)CC1. The van der Waals surface area contributed by atoms with Gasteiger partial charge in [0.15, 0.2) is 0 Å². The summed E-state index contributed by atoms with van der Waals surface area (Å²) in [5.41, 5.74) is 5.02. The van der Waals surface area contributed by atoms with Gasteiger partial charge < -0.3 is 19.5 Å². The van der Waals surface area contributed by atoms with Gasteiger partial charge in [-0.05, 0) is 49.6 Å². The Kier molecular flexibility index (Phi) is 7.67. The Morgan fingerprint density at radius 1 is 1.08 bits per heavy atom. The lowest BCUT2D eigenvalue weighted by atomic mass is 9.94. The average molecular weight is 512 g/mol. The Morgan fingerprint density at radius 2 is 1.87 bits per heavy atom. The highest BCUT2D eigenvalue weighted by atomic mass is 16.5. The largest absolute Gasteiger partial charge is 0.467 e. The fraction of sp³-hybridized carbons (Fsp3) is 0.333. The first-order chi connectivity index (χ1) is 18.5. The van der Waals surface area contributed by atoms with Gasteiger partial charge in [0.2, 0.25) is 5.91 Å². The fourth-order valence-corrected chi connectivity index (χ4v) is 5.04. The number of nitrogens with one attached hydrogen (secondary N) is 1. The van der Waals surface area contributed by atoms with E-state index in [1.807, 2.05) is 42.0 Å². The molecule has 0 aliphatic carbocycles. The van der Waals surface area contributed by atoms with Crippen LogP contribution in [0.15, 0.2) is 73.2 Å². The van der Waals surface area contributed by atoms with Crippen LogP contribution >= 0.6 is 0 Å². The van der Waals surface area contributed by atoms with Gasteiger partial charge in [0.1, 0.15) is 6.04 Å². The van der Waals surface area contributed by atoms with Crippen LogP contribution in [0.25, 0.3) is 10.9 Å². The second-order valence-electron chi connectivity index (χ2n) is 9.90. The average Bonchev–Trinajstić information content (AvgIpc) is 3.39. The summed E-state index contributed by atoms with van der Waals surface area (Å²) in [5, 5.41) is 4.05. The number of aryl methyl sites for hydroxylation is 1. The van der Waals surface area contributed by atoms with Crippen LogP contribution < -0.4 is 10.2 Å². The number of carbonyl (C=O) groups is 2. The third-order valence-corrected chi connectivity index (χ3v) is 7.15. The molecule has 2 aromatic carbocycles. The van der Waals surface area contributed by atoms with E-state index in [2.05, 4.69) is 56.6 Å². The predicted molar refractivity (Wildman–Crippen MR) is 147 cm³/mol. The number of imidazole rings is 1. The first-order valence-electron chi connectivity index (χ1n) is 13.0. The number of hydrogen-bond donors (Lipinski definition) is 1. The number of aromatic nitrogens is 3. The molecule has 2 aromatic heterocycles. The molecule has 3 heterocycles. The van der Waals surface area contributed by atoms with E-state index in [4.69, 9.17) is 4.74 Å². The third kappa shape index (κ3) is 6.02. The Morgan fingerprint density at radius 3 is 2.63 bits per heavy atom. The molecule has 1 amide bonds. The lowest BCUT2D eigenvalue weighted by molar-refractivity contribution is -0.145. The summed E-state index contributed by atoms with van der Waals surface area (Å²) in [5.74, 6) is -0.728. The number of methoxy groups -OCH3 is 1. The zero-order chi connectivity index (χ0) is 26.5. The zero-order valence-corrected chi connectivity index (χ0v) is 21.8. The van der Waals surface area contributed by atoms with Gasteiger partial charge in [-0.2, -0.15) is 0 Å². The lowest BCUT2D eigenvalue weighted by Crippen LogP contribution is -2.48. The number of nitrogens with zero attached hydrogens (tertiary/aromatic N) is 4. The van der Waals surface area contributed by atoms with Crippen molar-refractivity contribution in [2.24, 2.45) is 5.92 Å². The zero-order valence-electron chi connectivity index (χ0n) is 21.8. The summed E-state index contributed by atoms with van der Waals surface area (Å²) in [6.07, 6.45) is 5.38. The van der Waals surface area contributed by atoms with E-state index in [1.54, 1.807) is 6.33 Å². The van der Waals surface area contributed by atoms with Crippen LogP contribution in [0.4, 0.5) is 5.69 Å². The lowest BCUT2D eigenvalue weighted by Gasteiger charge is -2.33.